The first-order valence-electron chi connectivity index (χ1n) is 5.21. The Labute approximate surface area is 107 Å². The summed E-state index contributed by atoms with van der Waals surface area (Å²) in [4.78, 5) is 0. The van der Waals surface area contributed by atoms with Gasteiger partial charge in [-0.1, -0.05) is 29.3 Å². The second-order valence-electron chi connectivity index (χ2n) is 3.47. The Morgan fingerprint density at radius 2 is 2.12 bits per heavy atom. The van der Waals surface area contributed by atoms with Gasteiger partial charge >= 0.3 is 0 Å². The number of nitrogens with one attached hydrogen (secondary N) is 1. The molecule has 0 fully saturated rings. The molecule has 1 N–H and O–H groups in total. The van der Waals surface area contributed by atoms with Crippen molar-refractivity contribution in [1.82, 2.24) is 5.32 Å². The first kappa shape index (κ1) is 13.4. The van der Waals surface area contributed by atoms with Crippen molar-refractivity contribution >= 4 is 23.2 Å². The highest BCUT2D eigenvalue weighted by Crippen LogP contribution is 2.28. The van der Waals surface area contributed by atoms with Crippen LogP contribution >= 0.6 is 23.2 Å². The second-order valence-corrected chi connectivity index (χ2v) is 4.32. The van der Waals surface area contributed by atoms with E-state index in [0.29, 0.717) is 10.0 Å². The van der Waals surface area contributed by atoms with Crippen molar-refractivity contribution in [2.45, 2.75) is 25.8 Å². The van der Waals surface area contributed by atoms with Gasteiger partial charge in [0.2, 0.25) is 0 Å². The van der Waals surface area contributed by atoms with Crippen molar-refractivity contribution < 1.29 is 0 Å². The minimum atomic E-state index is 0.227. The molecule has 0 amide bonds. The number of halogens is 2. The summed E-state index contributed by atoms with van der Waals surface area (Å²) in [6.45, 7) is 1.85. The van der Waals surface area contributed by atoms with Crippen molar-refractivity contribution in [3.05, 3.63) is 33.8 Å². The molecular formula is C13H15Cl2N. The van der Waals surface area contributed by atoms with Crippen molar-refractivity contribution in [3.63, 3.8) is 0 Å². The highest BCUT2D eigenvalue weighted by molar-refractivity contribution is 6.35. The molecule has 0 heterocycles. The maximum atomic E-state index is 6.16. The lowest BCUT2D eigenvalue weighted by Crippen LogP contribution is -2.16. The van der Waals surface area contributed by atoms with E-state index in [9.17, 15) is 0 Å². The van der Waals surface area contributed by atoms with Gasteiger partial charge in [0, 0.05) is 22.5 Å². The molecule has 0 spiro atoms. The van der Waals surface area contributed by atoms with Crippen LogP contribution in [0.4, 0.5) is 0 Å². The summed E-state index contributed by atoms with van der Waals surface area (Å²) < 4.78 is 0. The van der Waals surface area contributed by atoms with E-state index in [2.05, 4.69) is 17.2 Å². The molecule has 0 bridgehead atoms. The molecule has 1 nitrogen and oxygen atoms in total. The predicted molar refractivity (Wildman–Crippen MR) is 70.9 cm³/mol. The van der Waals surface area contributed by atoms with E-state index in [1.807, 2.05) is 26.1 Å². The Morgan fingerprint density at radius 3 is 2.69 bits per heavy atom. The Bertz CT molecular complexity index is 404. The molecule has 1 unspecified atom stereocenters. The zero-order valence-corrected chi connectivity index (χ0v) is 11.0. The monoisotopic (exact) mass is 255 g/mol. The van der Waals surface area contributed by atoms with Gasteiger partial charge in [-0.2, -0.15) is 0 Å². The average Bonchev–Trinajstić information content (AvgIpc) is 2.26. The lowest BCUT2D eigenvalue weighted by Gasteiger charge is -2.16. The van der Waals surface area contributed by atoms with E-state index < -0.39 is 0 Å². The first-order chi connectivity index (χ1) is 7.69. The molecule has 86 valence electrons. The van der Waals surface area contributed by atoms with E-state index in [1.54, 1.807) is 6.07 Å². The Kier molecular flexibility index (Phi) is 5.69. The highest BCUT2D eigenvalue weighted by atomic mass is 35.5. The molecule has 3 heteroatoms. The summed E-state index contributed by atoms with van der Waals surface area (Å²) in [5, 5.41) is 4.61. The molecular weight excluding hydrogens is 241 g/mol. The normalized spacial score (nSPS) is 11.8. The molecule has 0 saturated carbocycles. The van der Waals surface area contributed by atoms with Crippen LogP contribution < -0.4 is 5.32 Å². The van der Waals surface area contributed by atoms with E-state index in [-0.39, 0.29) is 6.04 Å². The second kappa shape index (κ2) is 6.81. The molecule has 16 heavy (non-hydrogen) atoms. The molecule has 1 aromatic rings. The zero-order chi connectivity index (χ0) is 12.0. The third kappa shape index (κ3) is 3.72. The summed E-state index contributed by atoms with van der Waals surface area (Å²) >= 11 is 12.0. The maximum Gasteiger partial charge on any atom is 0.0468 e. The van der Waals surface area contributed by atoms with Gasteiger partial charge in [0.15, 0.2) is 0 Å². The van der Waals surface area contributed by atoms with Crippen molar-refractivity contribution in [1.29, 1.82) is 0 Å². The maximum absolute atomic E-state index is 6.16. The Morgan fingerprint density at radius 1 is 1.38 bits per heavy atom. The Hall–Kier alpha value is -0.680. The van der Waals surface area contributed by atoms with Gasteiger partial charge in [-0.3, -0.25) is 0 Å². The van der Waals surface area contributed by atoms with Gasteiger partial charge in [0.1, 0.15) is 0 Å². The zero-order valence-electron chi connectivity index (χ0n) is 9.48. The van der Waals surface area contributed by atoms with E-state index in [0.717, 1.165) is 18.4 Å². The van der Waals surface area contributed by atoms with Crippen molar-refractivity contribution in [2.24, 2.45) is 0 Å². The molecule has 0 aliphatic heterocycles. The fourth-order valence-electron chi connectivity index (χ4n) is 1.58. The third-order valence-corrected chi connectivity index (χ3v) is 2.98. The van der Waals surface area contributed by atoms with Crippen LogP contribution in [0.25, 0.3) is 0 Å². The minimum Gasteiger partial charge on any atom is -0.313 e. The van der Waals surface area contributed by atoms with Gasteiger partial charge in [-0.15, -0.1) is 11.8 Å². The first-order valence-corrected chi connectivity index (χ1v) is 5.96. The van der Waals surface area contributed by atoms with Crippen LogP contribution in [0.1, 0.15) is 31.4 Å². The van der Waals surface area contributed by atoms with Crippen LogP contribution in [-0.2, 0) is 0 Å². The standard InChI is InChI=1S/C13H15Cl2N/c1-3-4-5-6-13(16-2)11-8-7-10(14)9-12(11)15/h7-9,13,16H,5-6H2,1-2H3. The number of rotatable bonds is 4. The summed E-state index contributed by atoms with van der Waals surface area (Å²) in [6, 6.07) is 5.82. The lowest BCUT2D eigenvalue weighted by molar-refractivity contribution is 0.558. The van der Waals surface area contributed by atoms with Gasteiger partial charge in [0.05, 0.1) is 0 Å². The van der Waals surface area contributed by atoms with E-state index in [4.69, 9.17) is 23.2 Å². The Balaban J connectivity index is 2.80. The van der Waals surface area contributed by atoms with Gasteiger partial charge in [-0.05, 0) is 38.1 Å². The van der Waals surface area contributed by atoms with Crippen LogP contribution in [0.5, 0.6) is 0 Å². The van der Waals surface area contributed by atoms with Crippen LogP contribution in [0.2, 0.25) is 10.0 Å². The van der Waals surface area contributed by atoms with Crippen molar-refractivity contribution in [2.75, 3.05) is 7.05 Å². The highest BCUT2D eigenvalue weighted by Gasteiger charge is 2.12. The number of benzene rings is 1. The van der Waals surface area contributed by atoms with Crippen molar-refractivity contribution in [3.8, 4) is 11.8 Å². The van der Waals surface area contributed by atoms with Crippen LogP contribution in [0.3, 0.4) is 0 Å². The van der Waals surface area contributed by atoms with Gasteiger partial charge in [0.25, 0.3) is 0 Å². The summed E-state index contributed by atoms with van der Waals surface area (Å²) in [6.07, 6.45) is 1.81. The van der Waals surface area contributed by atoms with Crippen LogP contribution in [0.15, 0.2) is 18.2 Å². The van der Waals surface area contributed by atoms with Gasteiger partial charge < -0.3 is 5.32 Å². The SMILES string of the molecule is CC#CCCC(NC)c1ccc(Cl)cc1Cl. The predicted octanol–water partition coefficient (Wildman–Crippen LogP) is 4.06. The van der Waals surface area contributed by atoms with Crippen LogP contribution in [0, 0.1) is 11.8 Å². The number of hydrogen-bond donors (Lipinski definition) is 1. The molecule has 0 saturated heterocycles. The third-order valence-electron chi connectivity index (χ3n) is 2.42. The quantitative estimate of drug-likeness (QED) is 0.801. The fraction of sp³-hybridized carbons (Fsp3) is 0.385. The summed E-state index contributed by atoms with van der Waals surface area (Å²) in [5.74, 6) is 5.94. The number of hydrogen-bond acceptors (Lipinski definition) is 1. The summed E-state index contributed by atoms with van der Waals surface area (Å²) in [7, 11) is 1.93. The molecule has 0 radical (unpaired) electrons. The molecule has 0 aliphatic rings. The fourth-order valence-corrected chi connectivity index (χ4v) is 2.12. The smallest absolute Gasteiger partial charge is 0.0468 e. The average molecular weight is 256 g/mol. The lowest BCUT2D eigenvalue weighted by atomic mass is 10.0. The molecule has 1 aromatic carbocycles. The molecule has 1 rings (SSSR count). The topological polar surface area (TPSA) is 12.0 Å². The molecule has 0 aliphatic carbocycles. The van der Waals surface area contributed by atoms with Gasteiger partial charge in [-0.25, -0.2) is 0 Å². The van der Waals surface area contributed by atoms with E-state index in [1.165, 1.54) is 0 Å². The van der Waals surface area contributed by atoms with E-state index >= 15 is 0 Å². The largest absolute Gasteiger partial charge is 0.313 e. The molecule has 0 aromatic heterocycles. The van der Waals surface area contributed by atoms with Crippen LogP contribution in [-0.4, -0.2) is 7.05 Å². The molecule has 1 atom stereocenters. The minimum absolute atomic E-state index is 0.227. The summed E-state index contributed by atoms with van der Waals surface area (Å²) in [5.41, 5.74) is 1.08.